The van der Waals surface area contributed by atoms with E-state index in [2.05, 4.69) is 16.9 Å². The van der Waals surface area contributed by atoms with Crippen LogP contribution in [0.3, 0.4) is 0 Å². The Labute approximate surface area is 92.3 Å². The van der Waals surface area contributed by atoms with Crippen LogP contribution in [0.5, 0.6) is 0 Å². The average molecular weight is 220 g/mol. The molecular weight excluding hydrogens is 207 g/mol. The molecule has 1 N–H and O–H groups in total. The molecule has 0 spiro atoms. The quantitative estimate of drug-likeness (QED) is 0.863. The Morgan fingerprint density at radius 2 is 2.25 bits per heavy atom. The highest BCUT2D eigenvalue weighted by molar-refractivity contribution is 5.77. The van der Waals surface area contributed by atoms with E-state index < -0.39 is 11.4 Å². The van der Waals surface area contributed by atoms with E-state index in [1.807, 2.05) is 0 Å². The molecule has 0 saturated carbocycles. The molecule has 4 heteroatoms. The first-order chi connectivity index (χ1) is 7.72. The van der Waals surface area contributed by atoms with Gasteiger partial charge in [-0.25, -0.2) is 9.37 Å². The molecule has 0 aliphatic heterocycles. The maximum absolute atomic E-state index is 13.4. The van der Waals surface area contributed by atoms with Gasteiger partial charge in [0.05, 0.1) is 5.52 Å². The van der Waals surface area contributed by atoms with Crippen molar-refractivity contribution in [3.8, 4) is 0 Å². The van der Waals surface area contributed by atoms with Crippen LogP contribution in [0.15, 0.2) is 23.0 Å². The first-order valence-corrected chi connectivity index (χ1v) is 5.39. The minimum Gasteiger partial charge on any atom is -0.310 e. The van der Waals surface area contributed by atoms with Crippen LogP contribution in [-0.2, 0) is 6.42 Å². The number of H-pyrrole nitrogens is 1. The first-order valence-electron chi connectivity index (χ1n) is 5.39. The molecule has 0 amide bonds. The lowest BCUT2D eigenvalue weighted by Crippen LogP contribution is -2.13. The van der Waals surface area contributed by atoms with E-state index in [-0.39, 0.29) is 5.39 Å². The average Bonchev–Trinajstić information content (AvgIpc) is 2.26. The largest absolute Gasteiger partial charge is 0.310 e. The minimum atomic E-state index is -0.520. The van der Waals surface area contributed by atoms with Gasteiger partial charge in [0.25, 0.3) is 5.56 Å². The number of benzene rings is 1. The van der Waals surface area contributed by atoms with E-state index >= 15 is 0 Å². The van der Waals surface area contributed by atoms with E-state index in [0.717, 1.165) is 19.3 Å². The number of unbranched alkanes of at least 4 members (excludes halogenated alkanes) is 1. The Balaban J connectivity index is 2.55. The Morgan fingerprint density at radius 1 is 1.44 bits per heavy atom. The van der Waals surface area contributed by atoms with Crippen molar-refractivity contribution in [3.63, 3.8) is 0 Å². The summed E-state index contributed by atoms with van der Waals surface area (Å²) in [5.74, 6) is 0.109. The first kappa shape index (κ1) is 10.8. The van der Waals surface area contributed by atoms with Gasteiger partial charge in [0.2, 0.25) is 0 Å². The third-order valence-electron chi connectivity index (χ3n) is 2.50. The number of halogens is 1. The molecule has 0 fully saturated rings. The van der Waals surface area contributed by atoms with E-state index in [0.29, 0.717) is 11.3 Å². The molecule has 84 valence electrons. The fraction of sp³-hybridized carbons (Fsp3) is 0.333. The maximum atomic E-state index is 13.4. The van der Waals surface area contributed by atoms with Gasteiger partial charge in [0.1, 0.15) is 17.0 Å². The molecular formula is C12H13FN2O. The van der Waals surface area contributed by atoms with E-state index in [1.165, 1.54) is 6.07 Å². The predicted molar refractivity (Wildman–Crippen MR) is 60.9 cm³/mol. The van der Waals surface area contributed by atoms with E-state index in [1.54, 1.807) is 12.1 Å². The van der Waals surface area contributed by atoms with Crippen LogP contribution in [0.25, 0.3) is 10.9 Å². The molecule has 1 heterocycles. The molecule has 0 aliphatic rings. The lowest BCUT2D eigenvalue weighted by Gasteiger charge is -2.02. The number of fused-ring (bicyclic) bond motifs is 1. The fourth-order valence-corrected chi connectivity index (χ4v) is 1.66. The van der Waals surface area contributed by atoms with Gasteiger partial charge in [-0.1, -0.05) is 19.4 Å². The molecule has 0 aliphatic carbocycles. The lowest BCUT2D eigenvalue weighted by atomic mass is 10.2. The highest BCUT2D eigenvalue weighted by Crippen LogP contribution is 2.11. The number of rotatable bonds is 3. The third-order valence-corrected chi connectivity index (χ3v) is 2.50. The molecule has 2 rings (SSSR count). The van der Waals surface area contributed by atoms with Crippen LogP contribution in [0.4, 0.5) is 4.39 Å². The van der Waals surface area contributed by atoms with Crippen molar-refractivity contribution in [2.75, 3.05) is 0 Å². The highest BCUT2D eigenvalue weighted by Gasteiger charge is 2.07. The van der Waals surface area contributed by atoms with Crippen LogP contribution in [0.1, 0.15) is 25.6 Å². The van der Waals surface area contributed by atoms with Crippen molar-refractivity contribution in [3.05, 3.63) is 40.2 Å². The zero-order valence-corrected chi connectivity index (χ0v) is 9.09. The third kappa shape index (κ3) is 1.96. The number of nitrogens with zero attached hydrogens (tertiary/aromatic N) is 1. The summed E-state index contributed by atoms with van der Waals surface area (Å²) in [5, 5.41) is 0.0442. The lowest BCUT2D eigenvalue weighted by molar-refractivity contribution is 0.637. The van der Waals surface area contributed by atoms with E-state index in [4.69, 9.17) is 0 Å². The van der Waals surface area contributed by atoms with Crippen molar-refractivity contribution in [2.45, 2.75) is 26.2 Å². The molecule has 0 unspecified atom stereocenters. The molecule has 3 nitrogen and oxygen atoms in total. The van der Waals surface area contributed by atoms with E-state index in [9.17, 15) is 9.18 Å². The summed E-state index contributed by atoms with van der Waals surface area (Å²) < 4.78 is 13.4. The van der Waals surface area contributed by atoms with Crippen LogP contribution in [0, 0.1) is 5.82 Å². The zero-order chi connectivity index (χ0) is 11.5. The van der Waals surface area contributed by atoms with Crippen LogP contribution < -0.4 is 5.56 Å². The molecule has 1 aromatic heterocycles. The Kier molecular flexibility index (Phi) is 2.99. The molecule has 16 heavy (non-hydrogen) atoms. The Morgan fingerprint density at radius 3 is 3.00 bits per heavy atom. The minimum absolute atomic E-state index is 0.0442. The zero-order valence-electron chi connectivity index (χ0n) is 9.09. The summed E-state index contributed by atoms with van der Waals surface area (Å²) in [4.78, 5) is 18.5. The van der Waals surface area contributed by atoms with Crippen molar-refractivity contribution in [1.82, 2.24) is 9.97 Å². The number of nitrogens with one attached hydrogen (secondary N) is 1. The number of aromatic amines is 1. The molecule has 0 saturated heterocycles. The summed E-state index contributed by atoms with van der Waals surface area (Å²) in [5.41, 5.74) is 0.0315. The molecule has 0 radical (unpaired) electrons. The number of aryl methyl sites for hydroxylation is 1. The van der Waals surface area contributed by atoms with Crippen LogP contribution >= 0.6 is 0 Å². The van der Waals surface area contributed by atoms with Gasteiger partial charge < -0.3 is 4.98 Å². The summed E-state index contributed by atoms with van der Waals surface area (Å²) in [7, 11) is 0. The molecule has 1 aromatic carbocycles. The van der Waals surface area contributed by atoms with Gasteiger partial charge in [-0.2, -0.15) is 0 Å². The fourth-order valence-electron chi connectivity index (χ4n) is 1.66. The summed E-state index contributed by atoms with van der Waals surface area (Å²) >= 11 is 0. The number of aromatic nitrogens is 2. The summed E-state index contributed by atoms with van der Waals surface area (Å²) in [6, 6.07) is 4.49. The monoisotopic (exact) mass is 220 g/mol. The smallest absolute Gasteiger partial charge is 0.261 e. The highest BCUT2D eigenvalue weighted by atomic mass is 19.1. The van der Waals surface area contributed by atoms with Gasteiger partial charge in [0.15, 0.2) is 0 Å². The Bertz CT molecular complexity index is 562. The van der Waals surface area contributed by atoms with Gasteiger partial charge in [0, 0.05) is 6.42 Å². The van der Waals surface area contributed by atoms with Gasteiger partial charge in [-0.15, -0.1) is 0 Å². The topological polar surface area (TPSA) is 45.8 Å². The SMILES string of the molecule is CCCCc1nc2cccc(F)c2c(=O)[nH]1. The van der Waals surface area contributed by atoms with Gasteiger partial charge in [-0.3, -0.25) is 4.79 Å². The Hall–Kier alpha value is -1.71. The normalized spacial score (nSPS) is 10.9. The van der Waals surface area contributed by atoms with Crippen LogP contribution in [0.2, 0.25) is 0 Å². The molecule has 2 aromatic rings. The van der Waals surface area contributed by atoms with Crippen molar-refractivity contribution < 1.29 is 4.39 Å². The second-order valence-corrected chi connectivity index (χ2v) is 3.75. The van der Waals surface area contributed by atoms with Crippen LogP contribution in [-0.4, -0.2) is 9.97 Å². The number of hydrogen-bond donors (Lipinski definition) is 1. The van der Waals surface area contributed by atoms with Crippen molar-refractivity contribution in [2.24, 2.45) is 0 Å². The number of hydrogen-bond acceptors (Lipinski definition) is 2. The maximum Gasteiger partial charge on any atom is 0.261 e. The van der Waals surface area contributed by atoms with Crippen molar-refractivity contribution in [1.29, 1.82) is 0 Å². The second kappa shape index (κ2) is 4.43. The van der Waals surface area contributed by atoms with Gasteiger partial charge in [-0.05, 0) is 18.6 Å². The second-order valence-electron chi connectivity index (χ2n) is 3.75. The molecule has 0 atom stereocenters. The standard InChI is InChI=1S/C12H13FN2O/c1-2-3-7-10-14-9-6-4-5-8(13)11(9)12(16)15-10/h4-6H,2-3,7H2,1H3,(H,14,15,16). The summed E-state index contributed by atoms with van der Waals surface area (Å²) in [6.07, 6.45) is 2.72. The summed E-state index contributed by atoms with van der Waals surface area (Å²) in [6.45, 7) is 2.07. The van der Waals surface area contributed by atoms with Crippen molar-refractivity contribution >= 4 is 10.9 Å². The van der Waals surface area contributed by atoms with Gasteiger partial charge >= 0.3 is 0 Å². The predicted octanol–water partition coefficient (Wildman–Crippen LogP) is 2.40. The molecule has 0 bridgehead atoms.